The molecule has 2 unspecified atom stereocenters. The van der Waals surface area contributed by atoms with E-state index in [2.05, 4.69) is 9.97 Å². The number of nitrogens with one attached hydrogen (secondary N) is 2. The number of aryl methyl sites for hydroxylation is 2. The Balaban J connectivity index is 1.57. The van der Waals surface area contributed by atoms with Crippen LogP contribution in [0.25, 0.3) is 0 Å². The molecule has 0 amide bonds. The molecule has 9 nitrogen and oxygen atoms in total. The quantitative estimate of drug-likeness (QED) is 0.0970. The third kappa shape index (κ3) is 7.38. The molecular weight excluding hydrogens is 721 g/mol. The van der Waals surface area contributed by atoms with Gasteiger partial charge in [0.25, 0.3) is 0 Å². The van der Waals surface area contributed by atoms with Crippen molar-refractivity contribution in [3.63, 3.8) is 0 Å². The highest BCUT2D eigenvalue weighted by Gasteiger charge is 2.38. The van der Waals surface area contributed by atoms with E-state index in [1.807, 2.05) is 41.5 Å². The number of hydrogen-bond donors (Lipinski definition) is 4. The van der Waals surface area contributed by atoms with Gasteiger partial charge in [-0.05, 0) is 96.5 Å². The maximum atomic E-state index is 15.5. The van der Waals surface area contributed by atoms with Crippen molar-refractivity contribution in [3.8, 4) is 11.5 Å². The molecule has 280 valence electrons. The van der Waals surface area contributed by atoms with Crippen molar-refractivity contribution in [1.82, 2.24) is 9.97 Å². The van der Waals surface area contributed by atoms with Crippen molar-refractivity contribution in [2.45, 2.75) is 85.1 Å². The first-order valence-electron chi connectivity index (χ1n) is 17.7. The zero-order valence-corrected chi connectivity index (χ0v) is 32.6. The lowest BCUT2D eigenvalue weighted by Crippen LogP contribution is -2.23. The number of rotatable bonds is 12. The number of benzene rings is 4. The molecule has 4 N–H and O–H groups in total. The molecule has 0 saturated carbocycles. The Morgan fingerprint density at radius 3 is 1.20 bits per heavy atom. The van der Waals surface area contributed by atoms with Crippen molar-refractivity contribution < 1.29 is 31.8 Å². The average Bonchev–Trinajstić information content (AvgIpc) is 3.82. The predicted molar refractivity (Wildman–Crippen MR) is 208 cm³/mol. The van der Waals surface area contributed by atoms with Gasteiger partial charge in [-0.15, -0.1) is 0 Å². The highest BCUT2D eigenvalue weighted by atomic mass is 32.2. The number of carbonyl (C=O) groups is 1. The summed E-state index contributed by atoms with van der Waals surface area (Å²) in [6.45, 7) is 11.6. The van der Waals surface area contributed by atoms with Crippen LogP contribution in [-0.2, 0) is 24.5 Å². The molecule has 4 aromatic carbocycles. The first-order valence-corrected chi connectivity index (χ1v) is 20.6. The van der Waals surface area contributed by atoms with Crippen molar-refractivity contribution in [2.75, 3.05) is 0 Å². The number of H-pyrrole nitrogens is 2. The Labute approximate surface area is 316 Å². The highest BCUT2D eigenvalue weighted by molar-refractivity contribution is 7.91. The number of sulfone groups is 2. The van der Waals surface area contributed by atoms with E-state index in [-0.39, 0.29) is 65.4 Å². The number of ketones is 1. The van der Waals surface area contributed by atoms with E-state index in [4.69, 9.17) is 0 Å². The van der Waals surface area contributed by atoms with Crippen LogP contribution in [0.4, 0.5) is 0 Å². The fraction of sp³-hybridized carbons (Fsp3) is 0.233. The lowest BCUT2D eigenvalue weighted by Gasteiger charge is -2.25. The molecule has 6 aromatic rings. The largest absolute Gasteiger partial charge is 0.508 e. The number of aromatic amines is 2. The standard InChI is InChI=1S/C43H44N2O7S2/c1-25(2)29-11-17-37(46)35(19-29)41(31-21-39(44-23-31)53(49,50)33-13-7-27(5)8-14-33)43(48)42(36-20-30(26(3)4)12-18-38(36)47)32-22-40(45-24-32)54(51,52)34-15-9-28(6)10-16-34/h7-26,41-42,44-47H,1-6H3. The van der Waals surface area contributed by atoms with Crippen LogP contribution in [0.3, 0.4) is 0 Å². The Hall–Kier alpha value is -5.39. The van der Waals surface area contributed by atoms with Crippen LogP contribution in [0, 0.1) is 13.8 Å². The highest BCUT2D eigenvalue weighted by Crippen LogP contribution is 2.44. The van der Waals surface area contributed by atoms with Crippen molar-refractivity contribution in [3.05, 3.63) is 154 Å². The zero-order chi connectivity index (χ0) is 39.1. The van der Waals surface area contributed by atoms with Crippen LogP contribution < -0.4 is 0 Å². The van der Waals surface area contributed by atoms with E-state index >= 15 is 4.79 Å². The number of carbonyl (C=O) groups excluding carboxylic acids is 1. The fourth-order valence-corrected chi connectivity index (χ4v) is 9.11. The van der Waals surface area contributed by atoms with Gasteiger partial charge in [0, 0.05) is 23.5 Å². The summed E-state index contributed by atoms with van der Waals surface area (Å²) in [7, 11) is -8.08. The predicted octanol–water partition coefficient (Wildman–Crippen LogP) is 8.82. The van der Waals surface area contributed by atoms with E-state index in [9.17, 15) is 27.0 Å². The second-order valence-corrected chi connectivity index (χ2v) is 18.3. The van der Waals surface area contributed by atoms with Crippen LogP contribution in [0.5, 0.6) is 11.5 Å². The van der Waals surface area contributed by atoms with Gasteiger partial charge in [-0.3, -0.25) is 4.79 Å². The summed E-state index contributed by atoms with van der Waals surface area (Å²) in [6, 6.07) is 25.7. The molecule has 0 fully saturated rings. The minimum Gasteiger partial charge on any atom is -0.508 e. The zero-order valence-electron chi connectivity index (χ0n) is 31.0. The summed E-state index contributed by atoms with van der Waals surface area (Å²) < 4.78 is 55.2. The van der Waals surface area contributed by atoms with Gasteiger partial charge >= 0.3 is 0 Å². The van der Waals surface area contributed by atoms with Gasteiger partial charge in [0.2, 0.25) is 19.7 Å². The summed E-state index contributed by atoms with van der Waals surface area (Å²) in [5, 5.41) is 22.5. The maximum Gasteiger partial charge on any atom is 0.221 e. The minimum atomic E-state index is -4.04. The van der Waals surface area contributed by atoms with Crippen molar-refractivity contribution in [1.29, 1.82) is 0 Å². The molecule has 0 spiro atoms. The molecular formula is C43H44N2O7S2. The lowest BCUT2D eigenvalue weighted by atomic mass is 9.76. The number of aromatic nitrogens is 2. The Bertz CT molecular complexity index is 2370. The number of hydrogen-bond acceptors (Lipinski definition) is 7. The SMILES string of the molecule is Cc1ccc(S(=O)(=O)c2cc(C(C(=O)C(c3c[nH]c(S(=O)(=O)c4ccc(C)cc4)c3)c3cc(C(C)C)ccc3O)c3cc(C(C)C)ccc3O)c[nH]2)cc1. The Morgan fingerprint density at radius 2 is 0.870 bits per heavy atom. The summed E-state index contributed by atoms with van der Waals surface area (Å²) in [5.74, 6) is -3.38. The van der Waals surface area contributed by atoms with E-state index in [0.29, 0.717) is 0 Å². The molecule has 0 radical (unpaired) electrons. The molecule has 6 rings (SSSR count). The molecule has 2 heterocycles. The monoisotopic (exact) mass is 764 g/mol. The normalized spacial score (nSPS) is 13.3. The molecule has 0 aliphatic heterocycles. The van der Waals surface area contributed by atoms with Gasteiger partial charge in [-0.25, -0.2) is 16.8 Å². The van der Waals surface area contributed by atoms with Gasteiger partial charge in [0.15, 0.2) is 5.78 Å². The topological polar surface area (TPSA) is 157 Å². The summed E-state index contributed by atoms with van der Waals surface area (Å²) in [4.78, 5) is 21.4. The van der Waals surface area contributed by atoms with Gasteiger partial charge < -0.3 is 20.2 Å². The second-order valence-electron chi connectivity index (χ2n) is 14.4. The molecule has 2 atom stereocenters. The fourth-order valence-electron chi connectivity index (χ4n) is 6.60. The van der Waals surface area contributed by atoms with Crippen LogP contribution in [-0.4, -0.2) is 42.8 Å². The summed E-state index contributed by atoms with van der Waals surface area (Å²) >= 11 is 0. The lowest BCUT2D eigenvalue weighted by molar-refractivity contribution is -0.120. The van der Waals surface area contributed by atoms with E-state index in [1.54, 1.807) is 48.5 Å². The van der Waals surface area contributed by atoms with Crippen LogP contribution in [0.15, 0.2) is 129 Å². The summed E-state index contributed by atoms with van der Waals surface area (Å²) in [6.07, 6.45) is 2.88. The molecule has 0 aliphatic rings. The minimum absolute atomic E-state index is 0.0191. The average molecular weight is 765 g/mol. The molecule has 54 heavy (non-hydrogen) atoms. The Morgan fingerprint density at radius 1 is 0.519 bits per heavy atom. The number of phenolic OH excluding ortho intramolecular Hbond substituents is 2. The third-order valence-corrected chi connectivity index (χ3v) is 13.3. The van der Waals surface area contributed by atoms with Crippen molar-refractivity contribution in [2.24, 2.45) is 0 Å². The number of Topliss-reactive ketones (excluding diaryl/α,β-unsaturated/α-hetero) is 1. The van der Waals surface area contributed by atoms with Crippen LogP contribution >= 0.6 is 0 Å². The molecule has 0 aliphatic carbocycles. The third-order valence-electron chi connectivity index (χ3n) is 9.89. The molecule has 0 bridgehead atoms. The maximum absolute atomic E-state index is 15.5. The number of phenols is 2. The first-order chi connectivity index (χ1) is 25.5. The van der Waals surface area contributed by atoms with Crippen LogP contribution in [0.2, 0.25) is 0 Å². The molecule has 11 heteroatoms. The van der Waals surface area contributed by atoms with Gasteiger partial charge in [-0.2, -0.15) is 0 Å². The van der Waals surface area contributed by atoms with Gasteiger partial charge in [0.05, 0.1) is 21.6 Å². The number of aromatic hydroxyl groups is 2. The molecule has 0 saturated heterocycles. The second kappa shape index (κ2) is 14.8. The van der Waals surface area contributed by atoms with E-state index in [0.717, 1.165) is 22.3 Å². The van der Waals surface area contributed by atoms with Crippen LogP contribution in [0.1, 0.15) is 95.9 Å². The van der Waals surface area contributed by atoms with E-state index in [1.165, 1.54) is 60.9 Å². The van der Waals surface area contributed by atoms with Gasteiger partial charge in [0.1, 0.15) is 21.6 Å². The van der Waals surface area contributed by atoms with Crippen molar-refractivity contribution >= 4 is 25.5 Å². The first kappa shape index (κ1) is 38.3. The van der Waals surface area contributed by atoms with E-state index < -0.39 is 37.3 Å². The van der Waals surface area contributed by atoms with Gasteiger partial charge in [-0.1, -0.05) is 87.4 Å². The summed E-state index contributed by atoms with van der Waals surface area (Å²) in [5.41, 5.74) is 4.43. The Kier molecular flexibility index (Phi) is 10.5. The molecule has 2 aromatic heterocycles. The smallest absolute Gasteiger partial charge is 0.221 e.